The van der Waals surface area contributed by atoms with E-state index in [1.54, 1.807) is 98.2 Å². The molecule has 10 rings (SSSR count). The lowest BCUT2D eigenvalue weighted by atomic mass is 10.0. The van der Waals surface area contributed by atoms with Crippen molar-refractivity contribution in [1.82, 2.24) is 29.9 Å². The van der Waals surface area contributed by atoms with Crippen LogP contribution in [0.25, 0.3) is 0 Å². The fourth-order valence-electron chi connectivity index (χ4n) is 6.64. The van der Waals surface area contributed by atoms with Crippen LogP contribution in [0.2, 0.25) is 15.1 Å². The zero-order valence-corrected chi connectivity index (χ0v) is 42.5. The molecule has 8 heterocycles. The van der Waals surface area contributed by atoms with Crippen molar-refractivity contribution in [3.63, 3.8) is 0 Å². The molecule has 0 fully saturated rings. The SMILES string of the molecule is Cc1cc(S(=O)(=O)Nc2cc(Cl)cnc2C(=O)c2cccnc2N)ccc1Cl.Nc1ncc(Cl)cc1C(=O)c1ccccn1.Nc1ncccc1C(=O)c1ccc2c(c1)OCO2.Nc1ncccc1C(=O)c1ccco1. The minimum absolute atomic E-state index is 0.00591. The summed E-state index contributed by atoms with van der Waals surface area (Å²) in [4.78, 5) is 72.1. The lowest BCUT2D eigenvalue weighted by Gasteiger charge is -2.13. The Kier molecular flexibility index (Phi) is 17.7. The van der Waals surface area contributed by atoms with Gasteiger partial charge in [-0.2, -0.15) is 0 Å². The number of aryl methyl sites for hydroxylation is 1. The molecule has 1 aliphatic rings. The summed E-state index contributed by atoms with van der Waals surface area (Å²) < 4.78 is 43.3. The van der Waals surface area contributed by atoms with Crippen molar-refractivity contribution in [2.45, 2.75) is 11.8 Å². The predicted octanol–water partition coefficient (Wildman–Crippen LogP) is 8.76. The normalized spacial score (nSPS) is 11.1. The van der Waals surface area contributed by atoms with Crippen molar-refractivity contribution < 1.29 is 41.5 Å². The van der Waals surface area contributed by atoms with E-state index in [9.17, 15) is 27.6 Å². The van der Waals surface area contributed by atoms with Gasteiger partial charge in [0.15, 0.2) is 23.0 Å². The van der Waals surface area contributed by atoms with Gasteiger partial charge in [-0.25, -0.2) is 33.3 Å². The maximum Gasteiger partial charge on any atom is 0.261 e. The average molecular weight is 1100 g/mol. The molecule has 0 radical (unpaired) electrons. The highest BCUT2D eigenvalue weighted by Crippen LogP contribution is 2.33. The number of benzene rings is 2. The molecule has 9 aromatic rings. The summed E-state index contributed by atoms with van der Waals surface area (Å²) in [5.74, 6) is 0.777. The summed E-state index contributed by atoms with van der Waals surface area (Å²) in [5, 5.41) is 0.959. The van der Waals surface area contributed by atoms with E-state index in [2.05, 4.69) is 34.6 Å². The Morgan fingerprint density at radius 3 is 1.75 bits per heavy atom. The zero-order valence-electron chi connectivity index (χ0n) is 39.4. The Bertz CT molecular complexity index is 3730. The minimum Gasteiger partial charge on any atom is -0.461 e. The van der Waals surface area contributed by atoms with Crippen molar-refractivity contribution in [1.29, 1.82) is 0 Å². The number of nitrogens with one attached hydrogen (secondary N) is 1. The number of anilines is 5. The molecule has 0 atom stereocenters. The molecule has 0 spiro atoms. The van der Waals surface area contributed by atoms with Crippen LogP contribution in [0.5, 0.6) is 11.5 Å². The van der Waals surface area contributed by atoms with Crippen LogP contribution in [0.1, 0.15) is 69.7 Å². The Hall–Kier alpha value is -9.28. The highest BCUT2D eigenvalue weighted by Gasteiger charge is 2.24. The van der Waals surface area contributed by atoms with Crippen LogP contribution in [-0.4, -0.2) is 68.2 Å². The van der Waals surface area contributed by atoms with Crippen molar-refractivity contribution in [2.24, 2.45) is 0 Å². The first-order valence-electron chi connectivity index (χ1n) is 21.9. The highest BCUT2D eigenvalue weighted by atomic mass is 35.5. The number of nitrogens with two attached hydrogens (primary N) is 4. The van der Waals surface area contributed by atoms with Crippen LogP contribution in [0, 0.1) is 6.92 Å². The molecule has 0 amide bonds. The van der Waals surface area contributed by atoms with E-state index in [1.807, 2.05) is 0 Å². The van der Waals surface area contributed by atoms with Crippen LogP contribution < -0.4 is 37.1 Å². The Labute approximate surface area is 448 Å². The van der Waals surface area contributed by atoms with Gasteiger partial charge < -0.3 is 36.8 Å². The fourth-order valence-corrected chi connectivity index (χ4v) is 8.22. The summed E-state index contributed by atoms with van der Waals surface area (Å²) in [6, 6.07) is 30.0. The number of pyridine rings is 6. The van der Waals surface area contributed by atoms with E-state index in [-0.39, 0.29) is 85.6 Å². The number of fused-ring (bicyclic) bond motifs is 1. The van der Waals surface area contributed by atoms with Gasteiger partial charge in [-0.15, -0.1) is 0 Å². The van der Waals surface area contributed by atoms with Gasteiger partial charge in [-0.3, -0.25) is 28.9 Å². The molecule has 0 bridgehead atoms. The van der Waals surface area contributed by atoms with E-state index in [1.165, 1.54) is 67.4 Å². The zero-order chi connectivity index (χ0) is 54.5. The second-order valence-corrected chi connectivity index (χ2v) is 18.5. The molecule has 7 aromatic heterocycles. The number of nitrogens with zero attached hydrogens (tertiary/aromatic N) is 6. The summed E-state index contributed by atoms with van der Waals surface area (Å²) in [7, 11) is -4.02. The number of carbonyl (C=O) groups excluding carboxylic acids is 4. The lowest BCUT2D eigenvalue weighted by molar-refractivity contribution is 0.101. The number of ketones is 4. The summed E-state index contributed by atoms with van der Waals surface area (Å²) in [6.45, 7) is 1.87. The van der Waals surface area contributed by atoms with Crippen LogP contribution in [0.3, 0.4) is 0 Å². The third-order valence-electron chi connectivity index (χ3n) is 10.4. The fraction of sp³-hybridized carbons (Fsp3) is 0.0385. The van der Waals surface area contributed by atoms with Crippen LogP contribution in [0.15, 0.2) is 168 Å². The van der Waals surface area contributed by atoms with Gasteiger partial charge in [0.25, 0.3) is 10.0 Å². The standard InChI is InChI=1S/C18H14Cl2N4O3S.C13H10N2O3.C11H8ClN3O.C10H8N2O2/c1-10-7-12(4-5-14(10)20)28(26,27)24-15-8-11(19)9-23-16(15)17(25)13-3-2-6-22-18(13)21;14-13-9(2-1-5-15-13)12(16)8-3-4-10-11(6-8)18-7-17-10;12-7-5-8(11(13)15-6-7)10(16)9-3-1-2-4-14-9;11-10-7(3-1-5-12-10)9(13)8-4-2-6-14-8/h2-9,24H,1H3,(H2,21,22);1-6H,7H2,(H2,14,15);1-6H,(H2,13,15);1-6H,(H2,11,12). The van der Waals surface area contributed by atoms with Gasteiger partial charge in [-0.05, 0) is 122 Å². The third-order valence-corrected chi connectivity index (χ3v) is 12.6. The molecule has 1 aliphatic heterocycles. The van der Waals surface area contributed by atoms with Crippen molar-refractivity contribution >= 4 is 96.9 Å². The Morgan fingerprint density at radius 2 is 1.14 bits per heavy atom. The topological polar surface area (TPSA) is 327 Å². The van der Waals surface area contributed by atoms with E-state index >= 15 is 0 Å². The second-order valence-electron chi connectivity index (χ2n) is 15.5. The number of hydrogen-bond acceptors (Lipinski definition) is 19. The smallest absolute Gasteiger partial charge is 0.261 e. The molecule has 0 aliphatic carbocycles. The van der Waals surface area contributed by atoms with E-state index in [0.717, 1.165) is 0 Å². The molecular weight excluding hydrogens is 1060 g/mol. The average Bonchev–Trinajstić information content (AvgIpc) is 4.15. The molecule has 76 heavy (non-hydrogen) atoms. The molecule has 384 valence electrons. The van der Waals surface area contributed by atoms with Gasteiger partial charge in [-0.1, -0.05) is 40.9 Å². The quantitative estimate of drug-likeness (QED) is 0.0755. The number of carbonyl (C=O) groups is 4. The highest BCUT2D eigenvalue weighted by molar-refractivity contribution is 7.92. The van der Waals surface area contributed by atoms with Gasteiger partial charge in [0.2, 0.25) is 24.1 Å². The number of hydrogen-bond donors (Lipinski definition) is 5. The summed E-state index contributed by atoms with van der Waals surface area (Å²) in [5.41, 5.74) is 24.9. The molecule has 2 aromatic carbocycles. The van der Waals surface area contributed by atoms with Crippen LogP contribution in [-0.2, 0) is 10.0 Å². The van der Waals surface area contributed by atoms with Gasteiger partial charge in [0.05, 0.1) is 49.1 Å². The number of furan rings is 1. The Balaban J connectivity index is 0.000000153. The van der Waals surface area contributed by atoms with Crippen molar-refractivity contribution in [3.8, 4) is 11.5 Å². The van der Waals surface area contributed by atoms with E-state index in [0.29, 0.717) is 49.5 Å². The first-order chi connectivity index (χ1) is 36.4. The largest absolute Gasteiger partial charge is 0.461 e. The molecule has 0 unspecified atom stereocenters. The number of halogens is 3. The minimum atomic E-state index is -4.02. The van der Waals surface area contributed by atoms with Crippen molar-refractivity contribution in [3.05, 3.63) is 224 Å². The monoisotopic (exact) mass is 1100 g/mol. The first-order valence-corrected chi connectivity index (χ1v) is 24.5. The number of sulfonamides is 1. The summed E-state index contributed by atoms with van der Waals surface area (Å²) >= 11 is 17.7. The van der Waals surface area contributed by atoms with Crippen molar-refractivity contribution in [2.75, 3.05) is 34.4 Å². The molecule has 20 nitrogen and oxygen atoms in total. The van der Waals surface area contributed by atoms with E-state index < -0.39 is 15.8 Å². The second kappa shape index (κ2) is 24.6. The Morgan fingerprint density at radius 1 is 0.553 bits per heavy atom. The maximum atomic E-state index is 12.8. The first kappa shape index (κ1) is 54.5. The number of ether oxygens (including phenoxy) is 2. The molecule has 9 N–H and O–H groups in total. The third kappa shape index (κ3) is 13.5. The summed E-state index contributed by atoms with van der Waals surface area (Å²) in [6.07, 6.45) is 10.1. The number of aromatic nitrogens is 6. The lowest BCUT2D eigenvalue weighted by Crippen LogP contribution is -2.17. The van der Waals surface area contributed by atoms with Gasteiger partial charge >= 0.3 is 0 Å². The molecule has 0 saturated carbocycles. The van der Waals surface area contributed by atoms with Gasteiger partial charge in [0, 0.05) is 47.8 Å². The van der Waals surface area contributed by atoms with Gasteiger partial charge in [0.1, 0.15) is 34.7 Å². The van der Waals surface area contributed by atoms with Crippen LogP contribution in [0.4, 0.5) is 29.0 Å². The number of rotatable bonds is 11. The predicted molar refractivity (Wildman–Crippen MR) is 285 cm³/mol. The maximum absolute atomic E-state index is 12.8. The molecule has 0 saturated heterocycles. The van der Waals surface area contributed by atoms with Crippen LogP contribution >= 0.6 is 34.8 Å². The molecular formula is C52H40Cl3N11O9S. The van der Waals surface area contributed by atoms with E-state index in [4.69, 9.17) is 71.6 Å². The molecule has 24 heteroatoms. The number of nitrogen functional groups attached to an aromatic ring is 4.